The number of benzene rings is 2. The third-order valence-electron chi connectivity index (χ3n) is 3.35. The molecule has 0 spiro atoms. The maximum absolute atomic E-state index is 9.24. The number of rotatable bonds is 0. The van der Waals surface area contributed by atoms with Gasteiger partial charge in [0.1, 0.15) is 0 Å². The second-order valence-corrected chi connectivity index (χ2v) is 4.44. The van der Waals surface area contributed by atoms with Gasteiger partial charge in [-0.2, -0.15) is 15.8 Å². The summed E-state index contributed by atoms with van der Waals surface area (Å²) in [6.07, 6.45) is 0.671. The monoisotopic (exact) mass is 241 g/mol. The van der Waals surface area contributed by atoms with Crippen LogP contribution in [-0.4, -0.2) is 0 Å². The molecule has 0 saturated heterocycles. The van der Waals surface area contributed by atoms with E-state index in [0.717, 1.165) is 22.3 Å². The van der Waals surface area contributed by atoms with Gasteiger partial charge in [-0.25, -0.2) is 0 Å². The Hall–Kier alpha value is -3.09. The lowest BCUT2D eigenvalue weighted by Gasteiger charge is -2.04. The SMILES string of the molecule is N#Cc1ccc2c(c1)Cc1cc(C#N)cc(C#N)c1-2. The summed E-state index contributed by atoms with van der Waals surface area (Å²) in [5.41, 5.74) is 5.57. The van der Waals surface area contributed by atoms with Gasteiger partial charge in [0.2, 0.25) is 0 Å². The van der Waals surface area contributed by atoms with Crippen molar-refractivity contribution >= 4 is 0 Å². The average molecular weight is 241 g/mol. The van der Waals surface area contributed by atoms with Gasteiger partial charge < -0.3 is 0 Å². The van der Waals surface area contributed by atoms with E-state index in [1.165, 1.54) is 0 Å². The van der Waals surface area contributed by atoms with Crippen molar-refractivity contribution in [3.05, 3.63) is 58.1 Å². The van der Waals surface area contributed by atoms with Crippen molar-refractivity contribution in [1.29, 1.82) is 15.8 Å². The summed E-state index contributed by atoms with van der Waals surface area (Å²) in [4.78, 5) is 0. The molecule has 1 aliphatic carbocycles. The summed E-state index contributed by atoms with van der Waals surface area (Å²) >= 11 is 0. The molecular weight excluding hydrogens is 234 g/mol. The van der Waals surface area contributed by atoms with Crippen LogP contribution in [0.3, 0.4) is 0 Å². The van der Waals surface area contributed by atoms with Gasteiger partial charge in [-0.15, -0.1) is 0 Å². The van der Waals surface area contributed by atoms with Gasteiger partial charge in [0.15, 0.2) is 0 Å². The van der Waals surface area contributed by atoms with E-state index in [4.69, 9.17) is 10.5 Å². The smallest absolute Gasteiger partial charge is 0.0998 e. The van der Waals surface area contributed by atoms with Crippen LogP contribution in [0, 0.1) is 34.0 Å². The summed E-state index contributed by atoms with van der Waals surface area (Å²) in [5.74, 6) is 0. The Morgan fingerprint density at radius 3 is 2.21 bits per heavy atom. The average Bonchev–Trinajstić information content (AvgIpc) is 2.83. The van der Waals surface area contributed by atoms with Gasteiger partial charge >= 0.3 is 0 Å². The van der Waals surface area contributed by atoms with Crippen molar-refractivity contribution in [1.82, 2.24) is 0 Å². The molecule has 0 aliphatic heterocycles. The fourth-order valence-electron chi connectivity index (χ4n) is 2.57. The second kappa shape index (κ2) is 3.98. The summed E-state index contributed by atoms with van der Waals surface area (Å²) < 4.78 is 0. The van der Waals surface area contributed by atoms with Gasteiger partial charge in [-0.1, -0.05) is 6.07 Å². The van der Waals surface area contributed by atoms with E-state index in [1.54, 1.807) is 12.1 Å². The van der Waals surface area contributed by atoms with Crippen LogP contribution in [0.25, 0.3) is 11.1 Å². The molecule has 0 saturated carbocycles. The zero-order valence-corrected chi connectivity index (χ0v) is 9.94. The van der Waals surface area contributed by atoms with E-state index >= 15 is 0 Å². The minimum atomic E-state index is 0.503. The molecule has 0 unspecified atom stereocenters. The highest BCUT2D eigenvalue weighted by Gasteiger charge is 2.22. The molecule has 0 atom stereocenters. The molecule has 86 valence electrons. The molecule has 0 radical (unpaired) electrons. The molecule has 2 aromatic carbocycles. The third-order valence-corrected chi connectivity index (χ3v) is 3.35. The Balaban J connectivity index is 2.29. The fourth-order valence-corrected chi connectivity index (χ4v) is 2.57. The maximum Gasteiger partial charge on any atom is 0.0998 e. The molecule has 1 aliphatic rings. The molecule has 2 aromatic rings. The molecule has 0 N–H and O–H groups in total. The Kier molecular flexibility index (Phi) is 2.31. The second-order valence-electron chi connectivity index (χ2n) is 4.44. The van der Waals surface area contributed by atoms with E-state index < -0.39 is 0 Å². The van der Waals surface area contributed by atoms with Crippen LogP contribution in [0.5, 0.6) is 0 Å². The number of nitriles is 3. The first-order valence-corrected chi connectivity index (χ1v) is 5.77. The lowest BCUT2D eigenvalue weighted by molar-refractivity contribution is 1.25. The van der Waals surface area contributed by atoms with Crippen LogP contribution in [0.2, 0.25) is 0 Å². The minimum Gasteiger partial charge on any atom is -0.192 e. The van der Waals surface area contributed by atoms with E-state index in [9.17, 15) is 5.26 Å². The summed E-state index contributed by atoms with van der Waals surface area (Å²) in [6.45, 7) is 0. The first-order chi connectivity index (χ1) is 9.26. The molecule has 3 nitrogen and oxygen atoms in total. The Morgan fingerprint density at radius 2 is 1.53 bits per heavy atom. The molecule has 19 heavy (non-hydrogen) atoms. The summed E-state index contributed by atoms with van der Waals surface area (Å²) in [7, 11) is 0. The van der Waals surface area contributed by atoms with Crippen LogP contribution < -0.4 is 0 Å². The predicted octanol–water partition coefficient (Wildman–Crippen LogP) is 2.87. The topological polar surface area (TPSA) is 71.4 Å². The number of fused-ring (bicyclic) bond motifs is 3. The van der Waals surface area contributed by atoms with Crippen LogP contribution in [0.1, 0.15) is 27.8 Å². The molecule has 0 aromatic heterocycles. The third kappa shape index (κ3) is 1.56. The van der Waals surface area contributed by atoms with E-state index in [-0.39, 0.29) is 0 Å². The Morgan fingerprint density at radius 1 is 0.789 bits per heavy atom. The molecule has 0 bridgehead atoms. The normalized spacial score (nSPS) is 10.8. The van der Waals surface area contributed by atoms with Crippen molar-refractivity contribution in [3.8, 4) is 29.3 Å². The molecule has 3 rings (SSSR count). The van der Waals surface area contributed by atoms with Crippen LogP contribution >= 0.6 is 0 Å². The maximum atomic E-state index is 9.24. The predicted molar refractivity (Wildman–Crippen MR) is 68.8 cm³/mol. The van der Waals surface area contributed by atoms with Gasteiger partial charge in [-0.05, 0) is 47.4 Å². The highest BCUT2D eigenvalue weighted by molar-refractivity contribution is 5.82. The Labute approximate surface area is 110 Å². The van der Waals surface area contributed by atoms with Crippen LogP contribution in [-0.2, 0) is 6.42 Å². The standard InChI is InChI=1S/C16H7N3/c17-7-10-1-2-15-12(3-10)6-13-4-11(8-18)5-14(9-19)16(13)15/h1-5H,6H2. The zero-order chi connectivity index (χ0) is 13.4. The van der Waals surface area contributed by atoms with Crippen LogP contribution in [0.4, 0.5) is 0 Å². The Bertz CT molecular complexity index is 827. The highest BCUT2D eigenvalue weighted by Crippen LogP contribution is 2.39. The van der Waals surface area contributed by atoms with Crippen molar-refractivity contribution in [2.45, 2.75) is 6.42 Å². The molecule has 0 heterocycles. The number of hydrogen-bond acceptors (Lipinski definition) is 3. The van der Waals surface area contributed by atoms with Crippen molar-refractivity contribution in [2.24, 2.45) is 0 Å². The largest absolute Gasteiger partial charge is 0.192 e. The van der Waals surface area contributed by atoms with E-state index in [2.05, 4.69) is 18.2 Å². The first-order valence-electron chi connectivity index (χ1n) is 5.77. The van der Waals surface area contributed by atoms with Gasteiger partial charge in [0, 0.05) is 5.56 Å². The van der Waals surface area contributed by atoms with Gasteiger partial charge in [0.05, 0.1) is 34.9 Å². The summed E-state index contributed by atoms with van der Waals surface area (Å²) in [5, 5.41) is 27.1. The van der Waals surface area contributed by atoms with E-state index in [0.29, 0.717) is 23.1 Å². The van der Waals surface area contributed by atoms with Crippen LogP contribution in [0.15, 0.2) is 30.3 Å². The van der Waals surface area contributed by atoms with Gasteiger partial charge in [0.25, 0.3) is 0 Å². The molecule has 0 fully saturated rings. The number of nitrogens with zero attached hydrogens (tertiary/aromatic N) is 3. The van der Waals surface area contributed by atoms with E-state index in [1.807, 2.05) is 18.2 Å². The molecule has 0 amide bonds. The fraction of sp³-hybridized carbons (Fsp3) is 0.0625. The zero-order valence-electron chi connectivity index (χ0n) is 9.94. The van der Waals surface area contributed by atoms with Crippen molar-refractivity contribution < 1.29 is 0 Å². The lowest BCUT2D eigenvalue weighted by Crippen LogP contribution is -1.88. The highest BCUT2D eigenvalue weighted by atomic mass is 14.3. The lowest BCUT2D eigenvalue weighted by atomic mass is 9.97. The van der Waals surface area contributed by atoms with Gasteiger partial charge in [-0.3, -0.25) is 0 Å². The quantitative estimate of drug-likeness (QED) is 0.607. The minimum absolute atomic E-state index is 0.503. The first kappa shape index (κ1) is 11.0. The summed E-state index contributed by atoms with van der Waals surface area (Å²) in [6, 6.07) is 15.3. The molecular formula is C16H7N3. The number of hydrogen-bond donors (Lipinski definition) is 0. The van der Waals surface area contributed by atoms with Crippen molar-refractivity contribution in [2.75, 3.05) is 0 Å². The van der Waals surface area contributed by atoms with Crippen molar-refractivity contribution in [3.63, 3.8) is 0 Å². The molecule has 3 heteroatoms.